The van der Waals surface area contributed by atoms with E-state index in [2.05, 4.69) is 4.98 Å². The molecule has 0 aromatic carbocycles. The molecule has 0 aliphatic carbocycles. The van der Waals surface area contributed by atoms with E-state index in [0.29, 0.717) is 5.65 Å². The van der Waals surface area contributed by atoms with Crippen molar-refractivity contribution in [1.29, 1.82) is 0 Å². The standard InChI is InChI=1S/C18H25BN2O4/c1-16(2,3)23-15(22)21-11-13(12-9-8-10-20-14(12)21)19-24-17(4,5)18(6,7)25-19/h8-11H,1-7H3. The minimum Gasteiger partial charge on any atom is -0.443 e. The molecule has 2 aromatic heterocycles. The minimum atomic E-state index is -0.590. The van der Waals surface area contributed by atoms with Crippen molar-refractivity contribution >= 4 is 29.7 Å². The molecular weight excluding hydrogens is 319 g/mol. The molecule has 25 heavy (non-hydrogen) atoms. The quantitative estimate of drug-likeness (QED) is 0.744. The zero-order chi connectivity index (χ0) is 18.6. The highest BCUT2D eigenvalue weighted by molar-refractivity contribution is 6.65. The van der Waals surface area contributed by atoms with E-state index in [9.17, 15) is 4.79 Å². The lowest BCUT2D eigenvalue weighted by Crippen LogP contribution is -2.41. The van der Waals surface area contributed by atoms with Gasteiger partial charge < -0.3 is 14.0 Å². The molecule has 1 aliphatic rings. The van der Waals surface area contributed by atoms with Gasteiger partial charge in [-0.1, -0.05) is 6.07 Å². The summed E-state index contributed by atoms with van der Waals surface area (Å²) in [5.74, 6) is 0. The minimum absolute atomic E-state index is 0.458. The van der Waals surface area contributed by atoms with Gasteiger partial charge >= 0.3 is 13.2 Å². The first-order valence-corrected chi connectivity index (χ1v) is 8.46. The van der Waals surface area contributed by atoms with Gasteiger partial charge in [0.25, 0.3) is 0 Å². The number of pyridine rings is 1. The molecule has 3 rings (SSSR count). The molecule has 1 aliphatic heterocycles. The van der Waals surface area contributed by atoms with Gasteiger partial charge in [0.05, 0.1) is 11.2 Å². The topological polar surface area (TPSA) is 62.6 Å². The predicted molar refractivity (Wildman–Crippen MR) is 97.1 cm³/mol. The first-order chi connectivity index (χ1) is 11.4. The van der Waals surface area contributed by atoms with Gasteiger partial charge in [0.2, 0.25) is 0 Å². The van der Waals surface area contributed by atoms with E-state index in [-0.39, 0.29) is 0 Å². The van der Waals surface area contributed by atoms with Crippen molar-refractivity contribution in [2.24, 2.45) is 0 Å². The number of nitrogens with zero attached hydrogens (tertiary/aromatic N) is 2. The van der Waals surface area contributed by atoms with Crippen LogP contribution in [0, 0.1) is 0 Å². The van der Waals surface area contributed by atoms with Gasteiger partial charge in [-0.3, -0.25) is 0 Å². The fraction of sp³-hybridized carbons (Fsp3) is 0.556. The Morgan fingerprint density at radius 2 is 1.80 bits per heavy atom. The predicted octanol–water partition coefficient (Wildman–Crippen LogP) is 3.12. The zero-order valence-electron chi connectivity index (χ0n) is 15.9. The maximum Gasteiger partial charge on any atom is 0.497 e. The van der Waals surface area contributed by atoms with Gasteiger partial charge in [-0.2, -0.15) is 0 Å². The molecule has 0 saturated carbocycles. The fourth-order valence-electron chi connectivity index (χ4n) is 2.69. The summed E-state index contributed by atoms with van der Waals surface area (Å²) in [4.78, 5) is 16.9. The highest BCUT2D eigenvalue weighted by atomic mass is 16.7. The fourth-order valence-corrected chi connectivity index (χ4v) is 2.69. The van der Waals surface area contributed by atoms with Gasteiger partial charge in [0, 0.05) is 23.2 Å². The van der Waals surface area contributed by atoms with E-state index in [0.717, 1.165) is 10.8 Å². The van der Waals surface area contributed by atoms with Crippen LogP contribution < -0.4 is 5.46 Å². The molecular formula is C18H25BN2O4. The Labute approximate surface area is 148 Å². The molecule has 0 N–H and O–H groups in total. The summed E-state index contributed by atoms with van der Waals surface area (Å²) in [5, 5.41) is 0.812. The van der Waals surface area contributed by atoms with E-state index in [4.69, 9.17) is 14.0 Å². The van der Waals surface area contributed by atoms with E-state index in [1.54, 1.807) is 12.4 Å². The summed E-state index contributed by atoms with van der Waals surface area (Å²) in [6.07, 6.45) is 2.88. The summed E-state index contributed by atoms with van der Waals surface area (Å²) in [6, 6.07) is 3.74. The number of hydrogen-bond acceptors (Lipinski definition) is 5. The van der Waals surface area contributed by atoms with Gasteiger partial charge in [0.1, 0.15) is 11.2 Å². The maximum atomic E-state index is 12.6. The van der Waals surface area contributed by atoms with Crippen LogP contribution in [0.25, 0.3) is 11.0 Å². The van der Waals surface area contributed by atoms with Crippen LogP contribution in [0.1, 0.15) is 48.5 Å². The van der Waals surface area contributed by atoms with E-state index < -0.39 is 30.0 Å². The molecule has 0 spiro atoms. The molecule has 0 unspecified atom stereocenters. The number of hydrogen-bond donors (Lipinski definition) is 0. The van der Waals surface area contributed by atoms with E-state index in [1.807, 2.05) is 60.6 Å². The monoisotopic (exact) mass is 344 g/mol. The molecule has 7 heteroatoms. The SMILES string of the molecule is CC(C)(C)OC(=O)n1cc(B2OC(C)(C)C(C)(C)O2)c2cccnc21. The summed E-state index contributed by atoms with van der Waals surface area (Å²) in [7, 11) is -0.569. The Morgan fingerprint density at radius 1 is 1.20 bits per heavy atom. The summed E-state index contributed by atoms with van der Waals surface area (Å²) < 4.78 is 19.2. The lowest BCUT2D eigenvalue weighted by atomic mass is 9.79. The van der Waals surface area contributed by atoms with Crippen LogP contribution in [0.2, 0.25) is 0 Å². The molecule has 1 saturated heterocycles. The summed E-state index contributed by atoms with van der Waals surface area (Å²) in [5.41, 5.74) is -0.206. The summed E-state index contributed by atoms with van der Waals surface area (Å²) in [6.45, 7) is 13.5. The smallest absolute Gasteiger partial charge is 0.443 e. The second kappa shape index (κ2) is 5.57. The molecule has 6 nitrogen and oxygen atoms in total. The van der Waals surface area contributed by atoms with Gasteiger partial charge in [-0.25, -0.2) is 14.3 Å². The first-order valence-electron chi connectivity index (χ1n) is 8.46. The Balaban J connectivity index is 2.05. The Kier molecular flexibility index (Phi) is 4.00. The van der Waals surface area contributed by atoms with Crippen LogP contribution in [0.15, 0.2) is 24.5 Å². The third kappa shape index (κ3) is 3.18. The number of carbonyl (C=O) groups is 1. The van der Waals surface area contributed by atoms with Crippen molar-refractivity contribution in [2.75, 3.05) is 0 Å². The molecule has 1 fully saturated rings. The van der Waals surface area contributed by atoms with Crippen LogP contribution in [-0.2, 0) is 14.0 Å². The molecule has 2 aromatic rings. The molecule has 0 amide bonds. The first kappa shape index (κ1) is 18.0. The van der Waals surface area contributed by atoms with Gasteiger partial charge in [-0.05, 0) is 54.5 Å². The molecule has 0 atom stereocenters. The Morgan fingerprint density at radius 3 is 2.36 bits per heavy atom. The number of carbonyl (C=O) groups excluding carboxylic acids is 1. The third-order valence-electron chi connectivity index (χ3n) is 4.69. The second-order valence-electron chi connectivity index (χ2n) is 8.40. The van der Waals surface area contributed by atoms with Crippen LogP contribution in [0.4, 0.5) is 4.79 Å². The third-order valence-corrected chi connectivity index (χ3v) is 4.69. The van der Waals surface area contributed by atoms with Crippen molar-refractivity contribution < 1.29 is 18.8 Å². The van der Waals surface area contributed by atoms with Crippen molar-refractivity contribution in [3.63, 3.8) is 0 Å². The van der Waals surface area contributed by atoms with Crippen LogP contribution in [0.3, 0.4) is 0 Å². The average Bonchev–Trinajstić information content (AvgIpc) is 2.92. The number of rotatable bonds is 1. The Bertz CT molecular complexity index is 804. The lowest BCUT2D eigenvalue weighted by molar-refractivity contribution is 0.00578. The highest BCUT2D eigenvalue weighted by Gasteiger charge is 2.52. The molecule has 3 heterocycles. The van der Waals surface area contributed by atoms with Crippen LogP contribution in [-0.4, -0.2) is 39.6 Å². The Hall–Kier alpha value is -1.86. The van der Waals surface area contributed by atoms with Crippen LogP contribution >= 0.6 is 0 Å². The van der Waals surface area contributed by atoms with Crippen molar-refractivity contribution in [2.45, 2.75) is 65.3 Å². The largest absolute Gasteiger partial charge is 0.497 e. The molecule has 0 radical (unpaired) electrons. The number of ether oxygens (including phenoxy) is 1. The number of fused-ring (bicyclic) bond motifs is 1. The van der Waals surface area contributed by atoms with Gasteiger partial charge in [0.15, 0.2) is 0 Å². The lowest BCUT2D eigenvalue weighted by Gasteiger charge is -2.32. The van der Waals surface area contributed by atoms with E-state index in [1.165, 1.54) is 4.57 Å². The zero-order valence-corrected chi connectivity index (χ0v) is 15.9. The number of aromatic nitrogens is 2. The van der Waals surface area contributed by atoms with Crippen molar-refractivity contribution in [1.82, 2.24) is 9.55 Å². The average molecular weight is 344 g/mol. The second-order valence-corrected chi connectivity index (χ2v) is 8.40. The molecule has 0 bridgehead atoms. The van der Waals surface area contributed by atoms with Crippen molar-refractivity contribution in [3.05, 3.63) is 24.5 Å². The normalized spacial score (nSPS) is 19.4. The highest BCUT2D eigenvalue weighted by Crippen LogP contribution is 2.37. The van der Waals surface area contributed by atoms with Crippen LogP contribution in [0.5, 0.6) is 0 Å². The van der Waals surface area contributed by atoms with Gasteiger partial charge in [-0.15, -0.1) is 0 Å². The summed E-state index contributed by atoms with van der Waals surface area (Å²) >= 11 is 0. The van der Waals surface area contributed by atoms with E-state index >= 15 is 0 Å². The van der Waals surface area contributed by atoms with Crippen molar-refractivity contribution in [3.8, 4) is 0 Å². The molecule has 134 valence electrons. The maximum absolute atomic E-state index is 12.6.